The molecule has 7 nitrogen and oxygen atoms in total. The first-order valence-electron chi connectivity index (χ1n) is 9.39. The molecule has 0 aliphatic rings. The monoisotopic (exact) mass is 522 g/mol. The molecule has 0 bridgehead atoms. The number of carbonyl (C=O) groups excluding carboxylic acids is 2. The molecular formula is C21H20BrClN4O3S. The zero-order valence-corrected chi connectivity index (χ0v) is 19.7. The molecular weight excluding hydrogens is 504 g/mol. The van der Waals surface area contributed by atoms with Gasteiger partial charge in [0.25, 0.3) is 5.91 Å². The van der Waals surface area contributed by atoms with Crippen LogP contribution in [0.1, 0.15) is 28.0 Å². The van der Waals surface area contributed by atoms with Crippen molar-refractivity contribution in [1.82, 2.24) is 15.6 Å². The van der Waals surface area contributed by atoms with E-state index in [1.54, 1.807) is 24.3 Å². The van der Waals surface area contributed by atoms with E-state index in [4.69, 9.17) is 16.3 Å². The zero-order chi connectivity index (χ0) is 22.2. The summed E-state index contributed by atoms with van der Waals surface area (Å²) in [5.41, 5.74) is 1.75. The van der Waals surface area contributed by atoms with E-state index >= 15 is 0 Å². The first-order valence-corrected chi connectivity index (χ1v) is 11.4. The van der Waals surface area contributed by atoms with Gasteiger partial charge in [0.1, 0.15) is 5.01 Å². The van der Waals surface area contributed by atoms with Gasteiger partial charge < -0.3 is 20.7 Å². The molecule has 1 heterocycles. The summed E-state index contributed by atoms with van der Waals surface area (Å²) in [6, 6.07) is 11.9. The Kier molecular flexibility index (Phi) is 8.27. The fourth-order valence-electron chi connectivity index (χ4n) is 2.64. The van der Waals surface area contributed by atoms with E-state index < -0.39 is 6.03 Å². The van der Waals surface area contributed by atoms with Crippen molar-refractivity contribution in [3.05, 3.63) is 73.6 Å². The number of rotatable bonds is 8. The number of hydrogen-bond acceptors (Lipinski definition) is 5. The van der Waals surface area contributed by atoms with Gasteiger partial charge in [0, 0.05) is 16.0 Å². The van der Waals surface area contributed by atoms with E-state index in [2.05, 4.69) is 36.9 Å². The number of thiazole rings is 1. The van der Waals surface area contributed by atoms with Crippen molar-refractivity contribution in [3.63, 3.8) is 0 Å². The lowest BCUT2D eigenvalue weighted by atomic mass is 10.2. The normalized spacial score (nSPS) is 10.4. The largest absolute Gasteiger partial charge is 0.491 e. The topological polar surface area (TPSA) is 92.4 Å². The Labute approximate surface area is 197 Å². The van der Waals surface area contributed by atoms with Gasteiger partial charge in [-0.05, 0) is 47.1 Å². The van der Waals surface area contributed by atoms with Crippen molar-refractivity contribution in [3.8, 4) is 5.75 Å². The quantitative estimate of drug-likeness (QED) is 0.378. The summed E-state index contributed by atoms with van der Waals surface area (Å²) in [5, 5.41) is 11.4. The maximum Gasteiger partial charge on any atom is 0.319 e. The number of benzene rings is 2. The van der Waals surface area contributed by atoms with Crippen LogP contribution < -0.4 is 20.7 Å². The molecule has 0 radical (unpaired) electrons. The predicted octanol–water partition coefficient (Wildman–Crippen LogP) is 5.21. The Morgan fingerprint density at radius 3 is 2.68 bits per heavy atom. The van der Waals surface area contributed by atoms with Gasteiger partial charge in [-0.2, -0.15) is 0 Å². The van der Waals surface area contributed by atoms with Crippen molar-refractivity contribution in [2.45, 2.75) is 20.0 Å². The third-order valence-electron chi connectivity index (χ3n) is 4.01. The first-order chi connectivity index (χ1) is 15.0. The molecule has 1 aromatic heterocycles. The second-order valence-corrected chi connectivity index (χ2v) is 8.52. The summed E-state index contributed by atoms with van der Waals surface area (Å²) in [6.45, 7) is 2.85. The minimum absolute atomic E-state index is 0.160. The van der Waals surface area contributed by atoms with E-state index in [9.17, 15) is 9.59 Å². The van der Waals surface area contributed by atoms with Crippen LogP contribution in [0.2, 0.25) is 5.02 Å². The van der Waals surface area contributed by atoms with Crippen LogP contribution in [0.25, 0.3) is 0 Å². The molecule has 0 saturated carbocycles. The number of hydrogen-bond donors (Lipinski definition) is 3. The SMILES string of the molecule is CCOc1c(Br)cc(Cl)cc1NC(=O)NCc1csc(CNC(=O)c2ccccc2)n1. The van der Waals surface area contributed by atoms with Crippen LogP contribution in [-0.4, -0.2) is 23.5 Å². The molecule has 3 amide bonds. The van der Waals surface area contributed by atoms with Crippen LogP contribution in [0.5, 0.6) is 5.75 Å². The third-order valence-corrected chi connectivity index (χ3v) is 5.72. The van der Waals surface area contributed by atoms with Crippen LogP contribution >= 0.6 is 38.9 Å². The summed E-state index contributed by atoms with van der Waals surface area (Å²) in [6.07, 6.45) is 0. The second-order valence-electron chi connectivity index (χ2n) is 6.29. The molecule has 0 saturated heterocycles. The Bertz CT molecular complexity index is 1060. The number of carbonyl (C=O) groups is 2. The van der Waals surface area contributed by atoms with Crippen LogP contribution in [0.3, 0.4) is 0 Å². The highest BCUT2D eigenvalue weighted by molar-refractivity contribution is 9.10. The van der Waals surface area contributed by atoms with Gasteiger partial charge in [0.2, 0.25) is 0 Å². The molecule has 0 aliphatic heterocycles. The zero-order valence-electron chi connectivity index (χ0n) is 16.6. The molecule has 3 aromatic rings. The van der Waals surface area contributed by atoms with Crippen molar-refractivity contribution >= 4 is 56.5 Å². The fourth-order valence-corrected chi connectivity index (χ4v) is 4.30. The molecule has 0 fully saturated rings. The molecule has 162 valence electrons. The molecule has 3 N–H and O–H groups in total. The number of ether oxygens (including phenoxy) is 1. The highest BCUT2D eigenvalue weighted by atomic mass is 79.9. The number of nitrogens with zero attached hydrogens (tertiary/aromatic N) is 1. The molecule has 10 heteroatoms. The predicted molar refractivity (Wildman–Crippen MR) is 126 cm³/mol. The molecule has 0 aliphatic carbocycles. The lowest BCUT2D eigenvalue weighted by Crippen LogP contribution is -2.28. The smallest absolute Gasteiger partial charge is 0.319 e. The van der Waals surface area contributed by atoms with E-state index in [-0.39, 0.29) is 12.5 Å². The van der Waals surface area contributed by atoms with Crippen molar-refractivity contribution in [2.75, 3.05) is 11.9 Å². The van der Waals surface area contributed by atoms with Gasteiger partial charge >= 0.3 is 6.03 Å². The summed E-state index contributed by atoms with van der Waals surface area (Å²) >= 11 is 10.9. The van der Waals surface area contributed by atoms with Crippen molar-refractivity contribution < 1.29 is 14.3 Å². The Balaban J connectivity index is 1.51. The van der Waals surface area contributed by atoms with Crippen LogP contribution in [0.4, 0.5) is 10.5 Å². The average molecular weight is 524 g/mol. The number of anilines is 1. The highest BCUT2D eigenvalue weighted by Gasteiger charge is 2.13. The summed E-state index contributed by atoms with van der Waals surface area (Å²) in [4.78, 5) is 28.9. The first kappa shape index (κ1) is 23.1. The Hall–Kier alpha value is -2.62. The van der Waals surface area contributed by atoms with Crippen LogP contribution in [0, 0.1) is 0 Å². The molecule has 0 unspecified atom stereocenters. The Morgan fingerprint density at radius 1 is 1.16 bits per heavy atom. The van der Waals surface area contributed by atoms with Crippen molar-refractivity contribution in [1.29, 1.82) is 0 Å². The summed E-state index contributed by atoms with van der Waals surface area (Å²) in [5.74, 6) is 0.347. The standard InChI is InChI=1S/C21H20BrClN4O3S/c1-2-30-19-16(22)8-14(23)9-17(19)27-21(29)25-10-15-12-31-18(26-15)11-24-20(28)13-6-4-3-5-7-13/h3-9,12H,2,10-11H2,1H3,(H,24,28)(H2,25,27,29). The average Bonchev–Trinajstić information content (AvgIpc) is 3.21. The molecule has 31 heavy (non-hydrogen) atoms. The van der Waals surface area contributed by atoms with Crippen molar-refractivity contribution in [2.24, 2.45) is 0 Å². The number of nitrogens with one attached hydrogen (secondary N) is 3. The number of urea groups is 1. The van der Waals surface area contributed by atoms with E-state index in [1.807, 2.05) is 30.5 Å². The molecule has 3 rings (SSSR count). The van der Waals surface area contributed by atoms with E-state index in [1.165, 1.54) is 11.3 Å². The fraction of sp³-hybridized carbons (Fsp3) is 0.190. The maximum absolute atomic E-state index is 12.3. The number of halogens is 2. The highest BCUT2D eigenvalue weighted by Crippen LogP contribution is 2.36. The lowest BCUT2D eigenvalue weighted by Gasteiger charge is -2.14. The summed E-state index contributed by atoms with van der Waals surface area (Å²) in [7, 11) is 0. The van der Waals surface area contributed by atoms with Gasteiger partial charge in [0.05, 0.1) is 35.6 Å². The maximum atomic E-state index is 12.3. The summed E-state index contributed by atoms with van der Waals surface area (Å²) < 4.78 is 6.23. The van der Waals surface area contributed by atoms with Gasteiger partial charge in [-0.15, -0.1) is 11.3 Å². The van der Waals surface area contributed by atoms with Crippen LogP contribution in [0.15, 0.2) is 52.3 Å². The molecule has 0 atom stereocenters. The van der Waals surface area contributed by atoms with Gasteiger partial charge in [-0.1, -0.05) is 29.8 Å². The van der Waals surface area contributed by atoms with Gasteiger partial charge in [-0.3, -0.25) is 4.79 Å². The van der Waals surface area contributed by atoms with Gasteiger partial charge in [-0.25, -0.2) is 9.78 Å². The van der Waals surface area contributed by atoms with Gasteiger partial charge in [0.15, 0.2) is 5.75 Å². The molecule has 2 aromatic carbocycles. The van der Waals surface area contributed by atoms with Crippen LogP contribution in [-0.2, 0) is 13.1 Å². The minimum atomic E-state index is -0.415. The lowest BCUT2D eigenvalue weighted by molar-refractivity contribution is 0.0951. The number of amides is 3. The third kappa shape index (κ3) is 6.68. The second kappa shape index (κ2) is 11.1. The number of aromatic nitrogens is 1. The minimum Gasteiger partial charge on any atom is -0.491 e. The Morgan fingerprint density at radius 2 is 1.94 bits per heavy atom. The van der Waals surface area contributed by atoms with E-state index in [0.717, 1.165) is 5.01 Å². The van der Waals surface area contributed by atoms with E-state index in [0.29, 0.717) is 45.3 Å². The molecule has 0 spiro atoms.